The van der Waals surface area contributed by atoms with Crippen molar-refractivity contribution in [2.24, 2.45) is 0 Å². The number of quaternary nitrogens is 1. The molecule has 4 unspecified atom stereocenters. The number of hydrogen-bond donors (Lipinski definition) is 0. The minimum atomic E-state index is 0.505. The van der Waals surface area contributed by atoms with E-state index in [1.807, 2.05) is 0 Å². The number of hydrogen-bond acceptors (Lipinski definition) is 0. The Hall–Kier alpha value is -7.52. The molecule has 2 heteroatoms. The van der Waals surface area contributed by atoms with Crippen molar-refractivity contribution in [1.82, 2.24) is 8.88 Å². The van der Waals surface area contributed by atoms with E-state index in [4.69, 9.17) is 0 Å². The zero-order valence-electron chi connectivity index (χ0n) is 35.1. The van der Waals surface area contributed by atoms with E-state index in [1.165, 1.54) is 127 Å². The molecule has 2 aromatic heterocycles. The summed E-state index contributed by atoms with van der Waals surface area (Å²) in [5, 5.41) is 10.4. The van der Waals surface area contributed by atoms with Gasteiger partial charge in [0, 0.05) is 39.1 Å². The Morgan fingerprint density at radius 1 is 0.444 bits per heavy atom. The van der Waals surface area contributed by atoms with Crippen molar-refractivity contribution < 1.29 is 0 Å². The van der Waals surface area contributed by atoms with Gasteiger partial charge in [0.15, 0.2) is 11.4 Å². The number of aryl methyl sites for hydroxylation is 1. The Kier molecular flexibility index (Phi) is 6.44. The summed E-state index contributed by atoms with van der Waals surface area (Å²) in [6, 6.07) is 73.9. The molecular formula is C61H41N2+. The van der Waals surface area contributed by atoms with Crippen LogP contribution in [0.1, 0.15) is 40.0 Å². The highest BCUT2D eigenvalue weighted by Gasteiger charge is 2.56. The molecule has 63 heavy (non-hydrogen) atoms. The van der Waals surface area contributed by atoms with Crippen LogP contribution in [0.25, 0.3) is 93.0 Å². The topological polar surface area (TPSA) is 4.41 Å². The molecular weight excluding hydrogens is 761 g/mol. The zero-order chi connectivity index (χ0) is 41.3. The second-order valence-electron chi connectivity index (χ2n) is 18.6. The van der Waals surface area contributed by atoms with E-state index in [2.05, 4.69) is 212 Å². The SMILES string of the molecule is Cc1cccc2c1C1C(c3ccccc3)C1c1ccc(-c3cccc([N+]4(C)c5c(ccc6ccccc56)-c5c4c4c6cccc7c8ccccc8n(c76)c4c4ccccc54)c3)cc1-2. The monoisotopic (exact) mass is 801 g/mol. The third kappa shape index (κ3) is 4.18. The number of benzene rings is 10. The van der Waals surface area contributed by atoms with Gasteiger partial charge in [-0.2, -0.15) is 0 Å². The van der Waals surface area contributed by atoms with Crippen molar-refractivity contribution in [2.75, 3.05) is 7.05 Å². The molecule has 0 saturated heterocycles. The fourth-order valence-electron chi connectivity index (χ4n) is 13.1. The first kappa shape index (κ1) is 34.1. The van der Waals surface area contributed by atoms with Gasteiger partial charge in [0.1, 0.15) is 5.69 Å². The lowest BCUT2D eigenvalue weighted by molar-refractivity contribution is 0.652. The van der Waals surface area contributed by atoms with Gasteiger partial charge < -0.3 is 4.40 Å². The Morgan fingerprint density at radius 2 is 1.14 bits per heavy atom. The molecule has 3 heterocycles. The van der Waals surface area contributed by atoms with Crippen LogP contribution in [-0.4, -0.2) is 11.4 Å². The molecule has 2 aliphatic carbocycles. The molecule has 0 amide bonds. The van der Waals surface area contributed by atoms with E-state index in [0.717, 1.165) is 0 Å². The Bertz CT molecular complexity index is 3970. The highest BCUT2D eigenvalue weighted by molar-refractivity contribution is 6.35. The van der Waals surface area contributed by atoms with Gasteiger partial charge in [0.25, 0.3) is 0 Å². The lowest BCUT2D eigenvalue weighted by Gasteiger charge is -2.32. The molecule has 0 N–H and O–H groups in total. The van der Waals surface area contributed by atoms with Gasteiger partial charge in [-0.1, -0.05) is 158 Å². The summed E-state index contributed by atoms with van der Waals surface area (Å²) in [6.07, 6.45) is 0. The standard InChI is InChI=1S/C61H41N2/c1-35-15-12-25-44-50-34-39(30-31-45(50)55-53(57(55)52(35)44)37-17-4-3-5-18-37)38-19-13-20-40(33-38)63(2)60-41-21-7-6-16-36(41)29-32-49(60)54-43-23-8-9-24-47(43)59-56(61(54)63)48-27-14-26-46-42-22-10-11-28-51(42)62(59)58(46)48/h3-34,53,55,57H,1-2H3/q+1. The fourth-order valence-corrected chi connectivity index (χ4v) is 13.1. The highest BCUT2D eigenvalue weighted by Crippen LogP contribution is 2.72. The first-order valence-electron chi connectivity index (χ1n) is 22.5. The van der Waals surface area contributed by atoms with Gasteiger partial charge in [-0.3, -0.25) is 0 Å². The summed E-state index contributed by atoms with van der Waals surface area (Å²) in [4.78, 5) is 0. The van der Waals surface area contributed by atoms with Crippen LogP contribution in [0.4, 0.5) is 17.1 Å². The zero-order valence-corrected chi connectivity index (χ0v) is 35.1. The molecule has 0 radical (unpaired) electrons. The van der Waals surface area contributed by atoms with Crippen LogP contribution in [0.15, 0.2) is 194 Å². The number of rotatable bonds is 3. The number of fused-ring (bicyclic) bond motifs is 21. The maximum Gasteiger partial charge on any atom is 0.161 e. The predicted octanol–water partition coefficient (Wildman–Crippen LogP) is 16.3. The van der Waals surface area contributed by atoms with E-state index in [-0.39, 0.29) is 0 Å². The van der Waals surface area contributed by atoms with Crippen LogP contribution in [0.3, 0.4) is 0 Å². The summed E-state index contributed by atoms with van der Waals surface area (Å²) in [7, 11) is 2.47. The smallest absolute Gasteiger partial charge is 0.161 e. The molecule has 2 nitrogen and oxygen atoms in total. The van der Waals surface area contributed by atoms with Crippen LogP contribution >= 0.6 is 0 Å². The molecule has 0 spiro atoms. The summed E-state index contributed by atoms with van der Waals surface area (Å²) in [5.41, 5.74) is 21.7. The van der Waals surface area contributed by atoms with Gasteiger partial charge in [0.05, 0.1) is 40.1 Å². The van der Waals surface area contributed by atoms with Crippen molar-refractivity contribution in [3.63, 3.8) is 0 Å². The lowest BCUT2D eigenvalue weighted by Crippen LogP contribution is -2.32. The van der Waals surface area contributed by atoms with Crippen LogP contribution < -0.4 is 4.48 Å². The molecule has 0 bridgehead atoms. The van der Waals surface area contributed by atoms with Gasteiger partial charge in [-0.05, 0) is 104 Å². The first-order valence-corrected chi connectivity index (χ1v) is 22.5. The van der Waals surface area contributed by atoms with Crippen LogP contribution in [0, 0.1) is 6.92 Å². The van der Waals surface area contributed by atoms with Gasteiger partial charge in [0.2, 0.25) is 0 Å². The maximum absolute atomic E-state index is 2.58. The van der Waals surface area contributed by atoms with Crippen molar-refractivity contribution in [3.8, 4) is 33.4 Å². The summed E-state index contributed by atoms with van der Waals surface area (Å²) >= 11 is 0. The molecule has 15 rings (SSSR count). The average molecular weight is 802 g/mol. The number of aromatic nitrogens is 1. The molecule has 294 valence electrons. The summed E-state index contributed by atoms with van der Waals surface area (Å²) in [6.45, 7) is 2.31. The van der Waals surface area contributed by atoms with Gasteiger partial charge in [-0.15, -0.1) is 0 Å². The van der Waals surface area contributed by atoms with Crippen molar-refractivity contribution >= 4 is 76.7 Å². The molecule has 1 aliphatic heterocycles. The predicted molar refractivity (Wildman–Crippen MR) is 265 cm³/mol. The second-order valence-corrected chi connectivity index (χ2v) is 18.6. The third-order valence-electron chi connectivity index (χ3n) is 15.7. The average Bonchev–Trinajstić information content (AvgIpc) is 3.73. The van der Waals surface area contributed by atoms with Crippen LogP contribution in [-0.2, 0) is 0 Å². The number of nitrogens with zero attached hydrogens (tertiary/aromatic N) is 2. The minimum absolute atomic E-state index is 0.505. The molecule has 12 aromatic rings. The highest BCUT2D eigenvalue weighted by atomic mass is 15.4. The summed E-state index contributed by atoms with van der Waals surface area (Å²) in [5.74, 6) is 1.55. The summed E-state index contributed by atoms with van der Waals surface area (Å²) < 4.78 is 3.14. The Balaban J connectivity index is 1.01. The van der Waals surface area contributed by atoms with Crippen molar-refractivity contribution in [3.05, 3.63) is 216 Å². The molecule has 10 aromatic carbocycles. The van der Waals surface area contributed by atoms with E-state index < -0.39 is 0 Å². The van der Waals surface area contributed by atoms with E-state index >= 15 is 0 Å². The maximum atomic E-state index is 2.58. The third-order valence-corrected chi connectivity index (χ3v) is 15.7. The largest absolute Gasteiger partial charge is 0.307 e. The Labute approximate surface area is 365 Å². The molecule has 1 saturated carbocycles. The van der Waals surface area contributed by atoms with E-state index in [9.17, 15) is 0 Å². The lowest BCUT2D eigenvalue weighted by atomic mass is 9.82. The van der Waals surface area contributed by atoms with E-state index in [1.54, 1.807) is 5.56 Å². The van der Waals surface area contributed by atoms with Gasteiger partial charge in [-0.25, -0.2) is 4.48 Å². The van der Waals surface area contributed by atoms with Crippen molar-refractivity contribution in [2.45, 2.75) is 24.7 Å². The number of para-hydroxylation sites is 2. The van der Waals surface area contributed by atoms with Crippen LogP contribution in [0.5, 0.6) is 0 Å². The minimum Gasteiger partial charge on any atom is -0.307 e. The normalized spacial score (nSPS) is 19.5. The Morgan fingerprint density at radius 3 is 2.03 bits per heavy atom. The molecule has 3 aliphatic rings. The first-order chi connectivity index (χ1) is 31.1. The van der Waals surface area contributed by atoms with E-state index in [0.29, 0.717) is 22.2 Å². The quantitative estimate of drug-likeness (QED) is 0.157. The molecule has 4 atom stereocenters. The molecule has 1 fully saturated rings. The second kappa shape index (κ2) is 11.9. The van der Waals surface area contributed by atoms with Gasteiger partial charge >= 0.3 is 0 Å². The van der Waals surface area contributed by atoms with Crippen molar-refractivity contribution in [1.29, 1.82) is 0 Å². The van der Waals surface area contributed by atoms with Crippen LogP contribution in [0.2, 0.25) is 0 Å². The fraction of sp³-hybridized carbons (Fsp3) is 0.0820.